The Morgan fingerprint density at radius 2 is 1.74 bits per heavy atom. The van der Waals surface area contributed by atoms with E-state index in [1.807, 2.05) is 62.0 Å². The van der Waals surface area contributed by atoms with E-state index in [1.54, 1.807) is 11.9 Å². The van der Waals surface area contributed by atoms with Gasteiger partial charge in [0, 0.05) is 25.4 Å². The summed E-state index contributed by atoms with van der Waals surface area (Å²) in [5.41, 5.74) is 4.37. The molecule has 0 bridgehead atoms. The van der Waals surface area contributed by atoms with E-state index in [0.29, 0.717) is 10.8 Å². The number of benzene rings is 1. The molecule has 23 heavy (non-hydrogen) atoms. The molecule has 118 valence electrons. The summed E-state index contributed by atoms with van der Waals surface area (Å²) >= 11 is 5.25. The van der Waals surface area contributed by atoms with E-state index in [2.05, 4.69) is 5.10 Å². The number of hydrogen-bond donors (Lipinski definition) is 0. The summed E-state index contributed by atoms with van der Waals surface area (Å²) < 4.78 is 1.89. The number of aromatic nitrogens is 2. The van der Waals surface area contributed by atoms with Crippen molar-refractivity contribution in [2.45, 2.75) is 13.8 Å². The molecule has 0 spiro atoms. The van der Waals surface area contributed by atoms with Crippen molar-refractivity contribution in [2.24, 2.45) is 0 Å². The molecule has 6 heteroatoms. The monoisotopic (exact) mass is 326 g/mol. The second kappa shape index (κ2) is 5.62. The molecule has 1 aliphatic rings. The van der Waals surface area contributed by atoms with Crippen LogP contribution in [-0.4, -0.2) is 44.7 Å². The first-order valence-electron chi connectivity index (χ1n) is 7.31. The molecule has 1 amide bonds. The second-order valence-corrected chi connectivity index (χ2v) is 5.93. The molecule has 0 unspecified atom stereocenters. The highest BCUT2D eigenvalue weighted by Crippen LogP contribution is 2.25. The van der Waals surface area contributed by atoms with Gasteiger partial charge >= 0.3 is 0 Å². The van der Waals surface area contributed by atoms with Crippen LogP contribution in [0.15, 0.2) is 36.0 Å². The van der Waals surface area contributed by atoms with Gasteiger partial charge in [-0.1, -0.05) is 18.2 Å². The van der Waals surface area contributed by atoms with Crippen LogP contribution in [0, 0.1) is 13.8 Å². The maximum absolute atomic E-state index is 12.3. The summed E-state index contributed by atoms with van der Waals surface area (Å²) in [7, 11) is 3.50. The van der Waals surface area contributed by atoms with Gasteiger partial charge < -0.3 is 4.90 Å². The predicted molar refractivity (Wildman–Crippen MR) is 94.1 cm³/mol. The maximum atomic E-state index is 12.3. The van der Waals surface area contributed by atoms with E-state index in [1.165, 1.54) is 4.90 Å². The third-order valence-electron chi connectivity index (χ3n) is 4.09. The van der Waals surface area contributed by atoms with Crippen LogP contribution in [0.5, 0.6) is 0 Å². The van der Waals surface area contributed by atoms with Crippen LogP contribution in [0.2, 0.25) is 0 Å². The van der Waals surface area contributed by atoms with Crippen molar-refractivity contribution >= 4 is 29.3 Å². The molecule has 2 aromatic rings. The van der Waals surface area contributed by atoms with E-state index in [0.717, 1.165) is 22.6 Å². The average molecular weight is 326 g/mol. The minimum Gasteiger partial charge on any atom is -0.317 e. The third-order valence-corrected chi connectivity index (χ3v) is 4.64. The molecule has 0 N–H and O–H groups in total. The van der Waals surface area contributed by atoms with Gasteiger partial charge in [0.1, 0.15) is 5.70 Å². The third kappa shape index (κ3) is 2.45. The first-order chi connectivity index (χ1) is 10.9. The zero-order chi connectivity index (χ0) is 16.7. The van der Waals surface area contributed by atoms with Crippen LogP contribution in [0.3, 0.4) is 0 Å². The summed E-state index contributed by atoms with van der Waals surface area (Å²) in [6.45, 7) is 3.95. The topological polar surface area (TPSA) is 41.4 Å². The highest BCUT2D eigenvalue weighted by molar-refractivity contribution is 7.80. The highest BCUT2D eigenvalue weighted by Gasteiger charge is 2.33. The lowest BCUT2D eigenvalue weighted by Gasteiger charge is -2.11. The summed E-state index contributed by atoms with van der Waals surface area (Å²) in [5, 5.41) is 5.11. The fraction of sp³-hybridized carbons (Fsp3) is 0.235. The quantitative estimate of drug-likeness (QED) is 0.628. The standard InChI is InChI=1S/C17H18N4OS/c1-11-14(10-15-16(22)20(4)17(23)19(15)3)12(2)21(18-11)13-8-6-5-7-9-13/h5-10H,1-4H3/b15-10-. The Hall–Kier alpha value is -2.47. The van der Waals surface area contributed by atoms with E-state index in [-0.39, 0.29) is 5.91 Å². The van der Waals surface area contributed by atoms with E-state index in [9.17, 15) is 4.79 Å². The van der Waals surface area contributed by atoms with Crippen LogP contribution in [0.4, 0.5) is 0 Å². The van der Waals surface area contributed by atoms with Crippen molar-refractivity contribution in [2.75, 3.05) is 14.1 Å². The number of thiocarbonyl (C=S) groups is 1. The Labute approximate surface area is 140 Å². The minimum atomic E-state index is -0.0937. The van der Waals surface area contributed by atoms with Crippen LogP contribution in [0.1, 0.15) is 17.0 Å². The van der Waals surface area contributed by atoms with E-state index >= 15 is 0 Å². The molecule has 0 radical (unpaired) electrons. The summed E-state index contributed by atoms with van der Waals surface area (Å²) in [5.74, 6) is -0.0937. The van der Waals surface area contributed by atoms with E-state index in [4.69, 9.17) is 12.2 Å². The second-order valence-electron chi connectivity index (χ2n) is 5.57. The lowest BCUT2D eigenvalue weighted by atomic mass is 10.1. The summed E-state index contributed by atoms with van der Waals surface area (Å²) in [6, 6.07) is 9.94. The highest BCUT2D eigenvalue weighted by atomic mass is 32.1. The molecule has 1 aliphatic heterocycles. The smallest absolute Gasteiger partial charge is 0.276 e. The normalized spacial score (nSPS) is 16.8. The number of amides is 1. The first kappa shape index (κ1) is 15.4. The van der Waals surface area contributed by atoms with Crippen LogP contribution < -0.4 is 0 Å². The van der Waals surface area contributed by atoms with Gasteiger partial charge in [-0.3, -0.25) is 9.69 Å². The van der Waals surface area contributed by atoms with Gasteiger partial charge in [0.25, 0.3) is 5.91 Å². The maximum Gasteiger partial charge on any atom is 0.276 e. The molecule has 1 saturated heterocycles. The Morgan fingerprint density at radius 3 is 2.30 bits per heavy atom. The SMILES string of the molecule is Cc1nn(-c2ccccc2)c(C)c1/C=C1/C(=O)N(C)C(=S)N1C. The van der Waals surface area contributed by atoms with Crippen molar-refractivity contribution < 1.29 is 4.79 Å². The number of carbonyl (C=O) groups is 1. The number of hydrogen-bond acceptors (Lipinski definition) is 3. The molecule has 2 heterocycles. The van der Waals surface area contributed by atoms with Crippen LogP contribution in [0.25, 0.3) is 11.8 Å². The van der Waals surface area contributed by atoms with Gasteiger partial charge in [-0.05, 0) is 44.3 Å². The van der Waals surface area contributed by atoms with Crippen molar-refractivity contribution in [1.29, 1.82) is 0 Å². The number of likely N-dealkylation sites (N-methyl/N-ethyl adjacent to an activating group) is 2. The fourth-order valence-electron chi connectivity index (χ4n) is 2.71. The summed E-state index contributed by atoms with van der Waals surface area (Å²) in [6.07, 6.45) is 1.87. The van der Waals surface area contributed by atoms with Crippen LogP contribution >= 0.6 is 12.2 Å². The average Bonchev–Trinajstić information content (AvgIpc) is 2.93. The number of nitrogens with zero attached hydrogens (tertiary/aromatic N) is 4. The number of rotatable bonds is 2. The molecule has 1 aromatic heterocycles. The minimum absolute atomic E-state index is 0.0937. The van der Waals surface area contributed by atoms with Gasteiger partial charge in [-0.25, -0.2) is 4.68 Å². The number of carbonyl (C=O) groups excluding carboxylic acids is 1. The first-order valence-corrected chi connectivity index (χ1v) is 7.71. The van der Waals surface area contributed by atoms with Gasteiger partial charge in [-0.2, -0.15) is 5.10 Å². The molecular formula is C17H18N4OS. The lowest BCUT2D eigenvalue weighted by Crippen LogP contribution is -2.26. The molecule has 1 fully saturated rings. The van der Waals surface area contributed by atoms with Crippen molar-refractivity contribution in [3.63, 3.8) is 0 Å². The number of aryl methyl sites for hydroxylation is 1. The van der Waals surface area contributed by atoms with Gasteiger partial charge in [0.2, 0.25) is 0 Å². The molecule has 0 atom stereocenters. The van der Waals surface area contributed by atoms with Gasteiger partial charge in [0.15, 0.2) is 5.11 Å². The summed E-state index contributed by atoms with van der Waals surface area (Å²) in [4.78, 5) is 15.5. The Balaban J connectivity index is 2.09. The van der Waals surface area contributed by atoms with Gasteiger partial charge in [0.05, 0.1) is 11.4 Å². The van der Waals surface area contributed by atoms with Crippen LogP contribution in [-0.2, 0) is 4.79 Å². The molecule has 0 aliphatic carbocycles. The zero-order valence-corrected chi connectivity index (χ0v) is 14.4. The molecule has 0 saturated carbocycles. The number of para-hydroxylation sites is 1. The van der Waals surface area contributed by atoms with Gasteiger partial charge in [-0.15, -0.1) is 0 Å². The molecule has 3 rings (SSSR count). The zero-order valence-electron chi connectivity index (χ0n) is 13.6. The molecule has 1 aromatic carbocycles. The van der Waals surface area contributed by atoms with Crippen molar-refractivity contribution in [3.05, 3.63) is 53.0 Å². The van der Waals surface area contributed by atoms with E-state index < -0.39 is 0 Å². The Bertz CT molecular complexity index is 823. The predicted octanol–water partition coefficient (Wildman–Crippen LogP) is 2.52. The van der Waals surface area contributed by atoms with Crippen molar-refractivity contribution in [3.8, 4) is 5.69 Å². The molecule has 5 nitrogen and oxygen atoms in total. The fourth-order valence-corrected chi connectivity index (χ4v) is 2.89. The van der Waals surface area contributed by atoms with Crippen molar-refractivity contribution in [1.82, 2.24) is 19.6 Å². The Morgan fingerprint density at radius 1 is 1.09 bits per heavy atom. The molecular weight excluding hydrogens is 308 g/mol. The largest absolute Gasteiger partial charge is 0.317 e. The Kier molecular flexibility index (Phi) is 3.77. The lowest BCUT2D eigenvalue weighted by molar-refractivity contribution is -0.121.